The number of piperidine rings is 1. The van der Waals surface area contributed by atoms with E-state index in [-0.39, 0.29) is 29.4 Å². The molecule has 0 aliphatic carbocycles. The van der Waals surface area contributed by atoms with Gasteiger partial charge in [0, 0.05) is 19.1 Å². The Kier molecular flexibility index (Phi) is 5.23. The summed E-state index contributed by atoms with van der Waals surface area (Å²) in [6.45, 7) is 6.31. The second-order valence-corrected chi connectivity index (χ2v) is 9.60. The van der Waals surface area contributed by atoms with Crippen LogP contribution in [0.4, 0.5) is 4.79 Å². The van der Waals surface area contributed by atoms with E-state index in [2.05, 4.69) is 5.32 Å². The zero-order chi connectivity index (χ0) is 17.3. The van der Waals surface area contributed by atoms with Crippen molar-refractivity contribution < 1.29 is 22.7 Å². The van der Waals surface area contributed by atoms with Crippen molar-refractivity contribution in [2.24, 2.45) is 5.92 Å². The van der Waals surface area contributed by atoms with E-state index in [1.807, 2.05) is 0 Å². The quantitative estimate of drug-likeness (QED) is 0.803. The number of likely N-dealkylation sites (tertiary alicyclic amines) is 1. The van der Waals surface area contributed by atoms with Gasteiger partial charge in [0.25, 0.3) is 0 Å². The van der Waals surface area contributed by atoms with Crippen molar-refractivity contribution in [1.82, 2.24) is 10.2 Å². The fourth-order valence-electron chi connectivity index (χ4n) is 2.91. The van der Waals surface area contributed by atoms with Crippen LogP contribution in [0.3, 0.4) is 0 Å². The monoisotopic (exact) mass is 346 g/mol. The topological polar surface area (TPSA) is 92.8 Å². The first-order valence-electron chi connectivity index (χ1n) is 8.04. The first kappa shape index (κ1) is 18.0. The molecule has 0 bridgehead atoms. The lowest BCUT2D eigenvalue weighted by Crippen LogP contribution is -2.48. The molecule has 132 valence electrons. The molecule has 0 aromatic rings. The number of hydrogen-bond donors (Lipinski definition) is 1. The van der Waals surface area contributed by atoms with Crippen LogP contribution in [-0.2, 0) is 19.4 Å². The van der Waals surface area contributed by atoms with Gasteiger partial charge in [0.05, 0.1) is 17.4 Å². The van der Waals surface area contributed by atoms with Gasteiger partial charge in [-0.2, -0.15) is 0 Å². The Morgan fingerprint density at radius 1 is 1.22 bits per heavy atom. The standard InChI is InChI=1S/C15H26N2O5S/c1-15(2,3)22-14(19)17-7-4-5-11(9-17)13(18)16-12-6-8-23(20,21)10-12/h11-12H,4-10H2,1-3H3,(H,16,18)/t11-,12+/m0/s1. The van der Waals surface area contributed by atoms with E-state index in [4.69, 9.17) is 4.74 Å². The third-order valence-corrected chi connectivity index (χ3v) is 5.79. The van der Waals surface area contributed by atoms with Crippen LogP contribution in [0.2, 0.25) is 0 Å². The van der Waals surface area contributed by atoms with E-state index in [0.29, 0.717) is 25.9 Å². The van der Waals surface area contributed by atoms with E-state index >= 15 is 0 Å². The average Bonchev–Trinajstić information content (AvgIpc) is 2.76. The van der Waals surface area contributed by atoms with Gasteiger partial charge in [0.15, 0.2) is 9.84 Å². The molecule has 2 aliphatic heterocycles. The van der Waals surface area contributed by atoms with Gasteiger partial charge < -0.3 is 15.0 Å². The van der Waals surface area contributed by atoms with Gasteiger partial charge >= 0.3 is 6.09 Å². The molecule has 1 N–H and O–H groups in total. The van der Waals surface area contributed by atoms with Gasteiger partial charge in [-0.25, -0.2) is 13.2 Å². The third-order valence-electron chi connectivity index (χ3n) is 4.02. The Balaban J connectivity index is 1.88. The summed E-state index contributed by atoms with van der Waals surface area (Å²) in [6, 6.07) is -0.301. The smallest absolute Gasteiger partial charge is 0.410 e. The number of carbonyl (C=O) groups is 2. The minimum atomic E-state index is -3.02. The summed E-state index contributed by atoms with van der Waals surface area (Å²) in [6.07, 6.45) is 1.50. The van der Waals surface area contributed by atoms with Crippen LogP contribution in [0.25, 0.3) is 0 Å². The van der Waals surface area contributed by atoms with Crippen LogP contribution in [0.1, 0.15) is 40.0 Å². The predicted molar refractivity (Wildman–Crippen MR) is 85.7 cm³/mol. The number of carbonyl (C=O) groups excluding carboxylic acids is 2. The number of rotatable bonds is 2. The molecule has 0 saturated carbocycles. The Morgan fingerprint density at radius 2 is 1.91 bits per heavy atom. The molecule has 2 rings (SSSR count). The molecule has 2 amide bonds. The van der Waals surface area contributed by atoms with Crippen LogP contribution < -0.4 is 5.32 Å². The molecule has 0 spiro atoms. The first-order chi connectivity index (χ1) is 10.6. The van der Waals surface area contributed by atoms with Gasteiger partial charge in [-0.05, 0) is 40.0 Å². The fraction of sp³-hybridized carbons (Fsp3) is 0.867. The summed E-state index contributed by atoms with van der Waals surface area (Å²) in [4.78, 5) is 26.0. The summed E-state index contributed by atoms with van der Waals surface area (Å²) >= 11 is 0. The highest BCUT2D eigenvalue weighted by Crippen LogP contribution is 2.20. The molecule has 2 saturated heterocycles. The molecule has 7 nitrogen and oxygen atoms in total. The van der Waals surface area contributed by atoms with E-state index in [1.165, 1.54) is 0 Å². The number of amides is 2. The lowest BCUT2D eigenvalue weighted by atomic mass is 9.97. The Morgan fingerprint density at radius 3 is 2.48 bits per heavy atom. The summed E-state index contributed by atoms with van der Waals surface area (Å²) < 4.78 is 28.2. The Hall–Kier alpha value is -1.31. The summed E-state index contributed by atoms with van der Waals surface area (Å²) in [5, 5.41) is 2.82. The second-order valence-electron chi connectivity index (χ2n) is 7.37. The van der Waals surface area contributed by atoms with Crippen LogP contribution in [0.15, 0.2) is 0 Å². The number of sulfone groups is 1. The van der Waals surface area contributed by atoms with Crippen molar-refractivity contribution in [1.29, 1.82) is 0 Å². The maximum atomic E-state index is 12.3. The highest BCUT2D eigenvalue weighted by atomic mass is 32.2. The van der Waals surface area contributed by atoms with E-state index in [1.54, 1.807) is 25.7 Å². The minimum absolute atomic E-state index is 0.0151. The summed E-state index contributed by atoms with van der Waals surface area (Å²) in [5.41, 5.74) is -0.565. The molecule has 2 fully saturated rings. The van der Waals surface area contributed by atoms with Gasteiger partial charge in [-0.1, -0.05) is 0 Å². The SMILES string of the molecule is CC(C)(C)OC(=O)N1CCC[C@H](C(=O)N[C@@H]2CCS(=O)(=O)C2)C1. The molecule has 2 heterocycles. The molecule has 2 aliphatic rings. The zero-order valence-electron chi connectivity index (χ0n) is 14.0. The lowest BCUT2D eigenvalue weighted by molar-refractivity contribution is -0.127. The molecular formula is C15H26N2O5S. The molecule has 23 heavy (non-hydrogen) atoms. The first-order valence-corrected chi connectivity index (χ1v) is 9.86. The van der Waals surface area contributed by atoms with Crippen molar-refractivity contribution in [3.63, 3.8) is 0 Å². The Labute approximate surface area is 137 Å². The van der Waals surface area contributed by atoms with Crippen molar-refractivity contribution in [3.05, 3.63) is 0 Å². The fourth-order valence-corrected chi connectivity index (χ4v) is 4.58. The third kappa shape index (κ3) is 5.37. The van der Waals surface area contributed by atoms with Gasteiger partial charge in [0.2, 0.25) is 5.91 Å². The van der Waals surface area contributed by atoms with Crippen LogP contribution in [0, 0.1) is 5.92 Å². The molecule has 0 radical (unpaired) electrons. The molecule has 0 unspecified atom stereocenters. The van der Waals surface area contributed by atoms with Crippen molar-refractivity contribution in [2.75, 3.05) is 24.6 Å². The van der Waals surface area contributed by atoms with E-state index in [9.17, 15) is 18.0 Å². The lowest BCUT2D eigenvalue weighted by Gasteiger charge is -2.33. The molecule has 8 heteroatoms. The highest BCUT2D eigenvalue weighted by Gasteiger charge is 2.34. The number of hydrogen-bond acceptors (Lipinski definition) is 5. The van der Waals surface area contributed by atoms with Crippen LogP contribution >= 0.6 is 0 Å². The van der Waals surface area contributed by atoms with Crippen molar-refractivity contribution in [3.8, 4) is 0 Å². The van der Waals surface area contributed by atoms with Crippen LogP contribution in [-0.4, -0.2) is 61.6 Å². The molecule has 0 aromatic carbocycles. The van der Waals surface area contributed by atoms with E-state index in [0.717, 1.165) is 6.42 Å². The average molecular weight is 346 g/mol. The van der Waals surface area contributed by atoms with Gasteiger partial charge in [0.1, 0.15) is 5.60 Å². The van der Waals surface area contributed by atoms with Crippen LogP contribution in [0.5, 0.6) is 0 Å². The molecule has 2 atom stereocenters. The molecular weight excluding hydrogens is 320 g/mol. The second kappa shape index (κ2) is 6.67. The van der Waals surface area contributed by atoms with E-state index < -0.39 is 21.5 Å². The molecule has 0 aromatic heterocycles. The number of nitrogens with one attached hydrogen (secondary N) is 1. The Bertz CT molecular complexity index is 567. The zero-order valence-corrected chi connectivity index (χ0v) is 14.8. The number of nitrogens with zero attached hydrogens (tertiary/aromatic N) is 1. The normalized spacial score (nSPS) is 27.5. The van der Waals surface area contributed by atoms with Crippen molar-refractivity contribution >= 4 is 21.8 Å². The minimum Gasteiger partial charge on any atom is -0.444 e. The summed E-state index contributed by atoms with van der Waals surface area (Å²) in [5.74, 6) is -0.326. The predicted octanol–water partition coefficient (Wildman–Crippen LogP) is 0.937. The highest BCUT2D eigenvalue weighted by molar-refractivity contribution is 7.91. The number of ether oxygens (including phenoxy) is 1. The van der Waals surface area contributed by atoms with Crippen molar-refractivity contribution in [2.45, 2.75) is 51.7 Å². The largest absolute Gasteiger partial charge is 0.444 e. The summed E-state index contributed by atoms with van der Waals surface area (Å²) in [7, 11) is -3.02. The maximum Gasteiger partial charge on any atom is 0.410 e. The maximum absolute atomic E-state index is 12.3. The van der Waals surface area contributed by atoms with Gasteiger partial charge in [-0.3, -0.25) is 4.79 Å². The van der Waals surface area contributed by atoms with Gasteiger partial charge in [-0.15, -0.1) is 0 Å².